The zero-order valence-electron chi connectivity index (χ0n) is 7.11. The molecule has 0 bridgehead atoms. The first-order chi connectivity index (χ1) is 6.79. The van der Waals surface area contributed by atoms with Crippen molar-refractivity contribution in [2.75, 3.05) is 0 Å². The van der Waals surface area contributed by atoms with Crippen molar-refractivity contribution in [2.24, 2.45) is 0 Å². The fourth-order valence-electron chi connectivity index (χ4n) is 1.02. The molecule has 0 radical (unpaired) electrons. The van der Waals surface area contributed by atoms with Gasteiger partial charge in [-0.05, 0) is 27.4 Å². The maximum atomic E-state index is 8.73. The van der Waals surface area contributed by atoms with Gasteiger partial charge in [0.1, 0.15) is 6.61 Å². The SMILES string of the molecule is OCc1nc(Cc2sccc2Br)no1. The third kappa shape index (κ3) is 2.02. The monoisotopic (exact) mass is 274 g/mol. The number of hydrogen-bond donors (Lipinski definition) is 1. The van der Waals surface area contributed by atoms with Crippen molar-refractivity contribution >= 4 is 27.3 Å². The van der Waals surface area contributed by atoms with Crippen LogP contribution >= 0.6 is 27.3 Å². The summed E-state index contributed by atoms with van der Waals surface area (Å²) >= 11 is 5.05. The minimum Gasteiger partial charge on any atom is -0.387 e. The molecule has 0 saturated carbocycles. The Morgan fingerprint density at radius 3 is 3.00 bits per heavy atom. The lowest BCUT2D eigenvalue weighted by Crippen LogP contribution is -1.89. The van der Waals surface area contributed by atoms with Crippen LogP contribution in [-0.4, -0.2) is 15.2 Å². The van der Waals surface area contributed by atoms with E-state index in [1.54, 1.807) is 11.3 Å². The average Bonchev–Trinajstić information content (AvgIpc) is 2.77. The van der Waals surface area contributed by atoms with Crippen molar-refractivity contribution in [1.82, 2.24) is 10.1 Å². The van der Waals surface area contributed by atoms with E-state index in [9.17, 15) is 0 Å². The van der Waals surface area contributed by atoms with Crippen LogP contribution in [-0.2, 0) is 13.0 Å². The fraction of sp³-hybridized carbons (Fsp3) is 0.250. The highest BCUT2D eigenvalue weighted by Gasteiger charge is 2.08. The Labute approximate surface area is 92.7 Å². The maximum absolute atomic E-state index is 8.73. The molecule has 0 aliphatic rings. The Hall–Kier alpha value is -0.720. The van der Waals surface area contributed by atoms with Crippen LogP contribution in [0.25, 0.3) is 0 Å². The van der Waals surface area contributed by atoms with E-state index in [1.807, 2.05) is 11.4 Å². The molecule has 0 aliphatic heterocycles. The molecule has 6 heteroatoms. The summed E-state index contributed by atoms with van der Waals surface area (Å²) in [5.74, 6) is 0.852. The van der Waals surface area contributed by atoms with Crippen LogP contribution in [0.3, 0.4) is 0 Å². The molecule has 2 heterocycles. The lowest BCUT2D eigenvalue weighted by atomic mass is 10.3. The van der Waals surface area contributed by atoms with E-state index in [0.29, 0.717) is 12.2 Å². The summed E-state index contributed by atoms with van der Waals surface area (Å²) in [6, 6.07) is 1.98. The molecule has 0 fully saturated rings. The fourth-order valence-corrected chi connectivity index (χ4v) is 2.51. The van der Waals surface area contributed by atoms with Gasteiger partial charge in [0.2, 0.25) is 0 Å². The molecular weight excluding hydrogens is 268 g/mol. The second-order valence-corrected chi connectivity index (χ2v) is 4.49. The Kier molecular flexibility index (Phi) is 2.95. The lowest BCUT2D eigenvalue weighted by Gasteiger charge is -1.90. The van der Waals surface area contributed by atoms with Crippen LogP contribution in [0.1, 0.15) is 16.6 Å². The molecule has 2 aromatic rings. The summed E-state index contributed by atoms with van der Waals surface area (Å²) in [4.78, 5) is 5.15. The Morgan fingerprint density at radius 1 is 1.57 bits per heavy atom. The van der Waals surface area contributed by atoms with E-state index in [1.165, 1.54) is 0 Å². The molecule has 0 unspecified atom stereocenters. The minimum absolute atomic E-state index is 0.210. The number of thiophene rings is 1. The molecule has 0 aromatic carbocycles. The van der Waals surface area contributed by atoms with Crippen molar-refractivity contribution in [3.63, 3.8) is 0 Å². The molecular formula is C8H7BrN2O2S. The van der Waals surface area contributed by atoms with Gasteiger partial charge in [0.05, 0.1) is 0 Å². The summed E-state index contributed by atoms with van der Waals surface area (Å²) in [7, 11) is 0. The number of aliphatic hydroxyl groups is 1. The van der Waals surface area contributed by atoms with Gasteiger partial charge in [-0.2, -0.15) is 4.98 Å². The third-order valence-electron chi connectivity index (χ3n) is 1.66. The van der Waals surface area contributed by atoms with Gasteiger partial charge in [0.25, 0.3) is 5.89 Å². The van der Waals surface area contributed by atoms with Gasteiger partial charge in [-0.1, -0.05) is 5.16 Å². The van der Waals surface area contributed by atoms with E-state index in [-0.39, 0.29) is 12.5 Å². The van der Waals surface area contributed by atoms with E-state index >= 15 is 0 Å². The van der Waals surface area contributed by atoms with Crippen LogP contribution in [0.15, 0.2) is 20.4 Å². The highest BCUT2D eigenvalue weighted by molar-refractivity contribution is 9.10. The van der Waals surface area contributed by atoms with Crippen molar-refractivity contribution in [3.8, 4) is 0 Å². The van der Waals surface area contributed by atoms with Crippen LogP contribution in [0.5, 0.6) is 0 Å². The van der Waals surface area contributed by atoms with Gasteiger partial charge in [0, 0.05) is 15.8 Å². The first-order valence-corrected chi connectivity index (χ1v) is 5.61. The Bertz CT molecular complexity index is 426. The molecule has 0 amide bonds. The Morgan fingerprint density at radius 2 is 2.43 bits per heavy atom. The molecule has 2 aromatic heterocycles. The second-order valence-electron chi connectivity index (χ2n) is 2.63. The van der Waals surface area contributed by atoms with Gasteiger partial charge >= 0.3 is 0 Å². The van der Waals surface area contributed by atoms with Crippen molar-refractivity contribution in [3.05, 3.63) is 32.5 Å². The zero-order chi connectivity index (χ0) is 9.97. The minimum atomic E-state index is -0.210. The number of aliphatic hydroxyl groups excluding tert-OH is 1. The van der Waals surface area contributed by atoms with Gasteiger partial charge in [-0.25, -0.2) is 0 Å². The molecule has 0 saturated heterocycles. The van der Waals surface area contributed by atoms with Crippen molar-refractivity contribution in [1.29, 1.82) is 0 Å². The summed E-state index contributed by atoms with van der Waals surface area (Å²) in [6.45, 7) is -0.210. The molecule has 4 nitrogen and oxygen atoms in total. The third-order valence-corrected chi connectivity index (χ3v) is 3.58. The predicted molar refractivity (Wildman–Crippen MR) is 55.0 cm³/mol. The zero-order valence-corrected chi connectivity index (χ0v) is 9.51. The van der Waals surface area contributed by atoms with Crippen LogP contribution in [0, 0.1) is 0 Å². The number of halogens is 1. The predicted octanol–water partition coefficient (Wildman–Crippen LogP) is 1.98. The molecule has 74 valence electrons. The van der Waals surface area contributed by atoms with E-state index in [0.717, 1.165) is 9.35 Å². The summed E-state index contributed by atoms with van der Waals surface area (Å²) in [5, 5.41) is 14.5. The molecule has 0 spiro atoms. The van der Waals surface area contributed by atoms with Crippen LogP contribution in [0.2, 0.25) is 0 Å². The summed E-state index contributed by atoms with van der Waals surface area (Å²) in [5.41, 5.74) is 0. The van der Waals surface area contributed by atoms with E-state index in [2.05, 4.69) is 26.1 Å². The lowest BCUT2D eigenvalue weighted by molar-refractivity contribution is 0.222. The summed E-state index contributed by atoms with van der Waals surface area (Å²) < 4.78 is 5.83. The smallest absolute Gasteiger partial charge is 0.252 e. The largest absolute Gasteiger partial charge is 0.387 e. The van der Waals surface area contributed by atoms with Gasteiger partial charge in [-0.3, -0.25) is 0 Å². The first-order valence-electron chi connectivity index (χ1n) is 3.94. The topological polar surface area (TPSA) is 59.2 Å². The van der Waals surface area contributed by atoms with Crippen molar-refractivity contribution < 1.29 is 9.63 Å². The second kappa shape index (κ2) is 4.20. The molecule has 0 aliphatic carbocycles. The van der Waals surface area contributed by atoms with Crippen molar-refractivity contribution in [2.45, 2.75) is 13.0 Å². The normalized spacial score (nSPS) is 10.7. The number of aromatic nitrogens is 2. The van der Waals surface area contributed by atoms with Crippen LogP contribution in [0.4, 0.5) is 0 Å². The number of hydrogen-bond acceptors (Lipinski definition) is 5. The number of rotatable bonds is 3. The van der Waals surface area contributed by atoms with Crippen LogP contribution < -0.4 is 0 Å². The standard InChI is InChI=1S/C8H7BrN2O2S/c9-5-1-2-14-6(5)3-7-10-8(4-12)13-11-7/h1-2,12H,3-4H2. The highest BCUT2D eigenvalue weighted by atomic mass is 79.9. The highest BCUT2D eigenvalue weighted by Crippen LogP contribution is 2.24. The molecule has 2 rings (SSSR count). The quantitative estimate of drug-likeness (QED) is 0.930. The van der Waals surface area contributed by atoms with Gasteiger partial charge in [0.15, 0.2) is 5.82 Å². The van der Waals surface area contributed by atoms with E-state index in [4.69, 9.17) is 9.63 Å². The Balaban J connectivity index is 2.15. The van der Waals surface area contributed by atoms with Gasteiger partial charge < -0.3 is 9.63 Å². The molecule has 14 heavy (non-hydrogen) atoms. The average molecular weight is 275 g/mol. The summed E-state index contributed by atoms with van der Waals surface area (Å²) in [6.07, 6.45) is 0.627. The maximum Gasteiger partial charge on any atom is 0.252 e. The first kappa shape index (κ1) is 9.82. The van der Waals surface area contributed by atoms with E-state index < -0.39 is 0 Å². The van der Waals surface area contributed by atoms with Gasteiger partial charge in [-0.15, -0.1) is 11.3 Å². The molecule has 0 atom stereocenters. The molecule has 1 N–H and O–H groups in total. The number of nitrogens with zero attached hydrogens (tertiary/aromatic N) is 2.